The van der Waals surface area contributed by atoms with Gasteiger partial charge in [-0.25, -0.2) is 9.37 Å². The molecule has 3 heterocycles. The van der Waals surface area contributed by atoms with Crippen LogP contribution in [0.2, 0.25) is 0 Å². The number of carboxylic acid groups (broad SMARTS) is 1. The molecule has 1 aliphatic heterocycles. The highest BCUT2D eigenvalue weighted by Gasteiger charge is 2.29. The zero-order valence-electron chi connectivity index (χ0n) is 18.3. The van der Waals surface area contributed by atoms with E-state index >= 15 is 0 Å². The number of halogens is 1. The molecule has 2 aromatic carbocycles. The number of amides is 1. The number of benzene rings is 2. The van der Waals surface area contributed by atoms with Crippen molar-refractivity contribution >= 4 is 33.7 Å². The van der Waals surface area contributed by atoms with Crippen molar-refractivity contribution < 1.29 is 19.1 Å². The second-order valence-electron chi connectivity index (χ2n) is 8.60. The third-order valence-corrected chi connectivity index (χ3v) is 6.64. The second kappa shape index (κ2) is 8.31. The van der Waals surface area contributed by atoms with Gasteiger partial charge in [0.1, 0.15) is 18.1 Å². The number of rotatable bonds is 4. The number of carboxylic acids is 1. The first-order chi connectivity index (χ1) is 15.9. The summed E-state index contributed by atoms with van der Waals surface area (Å²) in [6, 6.07) is 15.9. The molecule has 6 nitrogen and oxygen atoms in total. The van der Waals surface area contributed by atoms with Crippen molar-refractivity contribution in [3.63, 3.8) is 0 Å². The number of para-hydroxylation sites is 1. The van der Waals surface area contributed by atoms with Crippen LogP contribution in [0.15, 0.2) is 54.6 Å². The lowest BCUT2D eigenvalue weighted by Gasteiger charge is -2.32. The van der Waals surface area contributed by atoms with Crippen LogP contribution in [-0.4, -0.2) is 44.5 Å². The van der Waals surface area contributed by atoms with E-state index in [1.807, 2.05) is 42.2 Å². The van der Waals surface area contributed by atoms with Gasteiger partial charge in [0, 0.05) is 35.1 Å². The van der Waals surface area contributed by atoms with Crippen molar-refractivity contribution in [2.45, 2.75) is 32.2 Å². The van der Waals surface area contributed by atoms with E-state index in [0.717, 1.165) is 45.9 Å². The van der Waals surface area contributed by atoms with E-state index in [4.69, 9.17) is 0 Å². The van der Waals surface area contributed by atoms with Gasteiger partial charge in [-0.3, -0.25) is 9.59 Å². The van der Waals surface area contributed by atoms with Gasteiger partial charge >= 0.3 is 5.97 Å². The van der Waals surface area contributed by atoms with E-state index in [0.29, 0.717) is 18.8 Å². The first-order valence-corrected chi connectivity index (χ1v) is 11.1. The Balaban J connectivity index is 1.39. The van der Waals surface area contributed by atoms with Gasteiger partial charge in [-0.15, -0.1) is 0 Å². The molecule has 1 amide bonds. The number of carbonyl (C=O) groups is 2. The van der Waals surface area contributed by atoms with Gasteiger partial charge in [-0.2, -0.15) is 0 Å². The van der Waals surface area contributed by atoms with Gasteiger partial charge in [-0.1, -0.05) is 24.3 Å². The number of hydrogen-bond acceptors (Lipinski definition) is 3. The second-order valence-corrected chi connectivity index (χ2v) is 8.60. The first kappa shape index (κ1) is 21.1. The minimum atomic E-state index is -0.936. The van der Waals surface area contributed by atoms with E-state index in [9.17, 15) is 19.1 Å². The Labute approximate surface area is 190 Å². The topological polar surface area (TPSA) is 75.4 Å². The van der Waals surface area contributed by atoms with E-state index in [-0.39, 0.29) is 24.2 Å². The maximum absolute atomic E-state index is 14.1. The standard InChI is InChI=1S/C26H24FN3O3/c1-16-25(20-14-19(27)7-9-23(20)30(16)15-24(31)32)18-10-12-29(13-11-18)26(33)22-8-6-17-4-2-3-5-21(17)28-22/h2-9,14,18H,10-13,15H2,1H3,(H,31,32). The Bertz CT molecular complexity index is 1390. The molecule has 4 aromatic rings. The maximum atomic E-state index is 14.1. The van der Waals surface area contributed by atoms with E-state index < -0.39 is 5.97 Å². The van der Waals surface area contributed by atoms with E-state index in [1.54, 1.807) is 16.7 Å². The van der Waals surface area contributed by atoms with Gasteiger partial charge in [0.25, 0.3) is 5.91 Å². The molecule has 33 heavy (non-hydrogen) atoms. The molecule has 0 aliphatic carbocycles. The predicted octanol–water partition coefficient (Wildman–Crippen LogP) is 4.74. The SMILES string of the molecule is Cc1c(C2CCN(C(=O)c3ccc4ccccc4n3)CC2)c2cc(F)ccc2n1CC(=O)O. The molecule has 0 bridgehead atoms. The lowest BCUT2D eigenvalue weighted by molar-refractivity contribution is -0.137. The quantitative estimate of drug-likeness (QED) is 0.492. The number of likely N-dealkylation sites (tertiary alicyclic amines) is 1. The van der Waals surface area contributed by atoms with Crippen molar-refractivity contribution in [2.24, 2.45) is 0 Å². The lowest BCUT2D eigenvalue weighted by atomic mass is 9.87. The fraction of sp³-hybridized carbons (Fsp3) is 0.269. The number of piperidine rings is 1. The molecule has 0 spiro atoms. The molecule has 7 heteroatoms. The molecular weight excluding hydrogens is 421 g/mol. The summed E-state index contributed by atoms with van der Waals surface area (Å²) in [5.74, 6) is -1.24. The Morgan fingerprint density at radius 3 is 2.61 bits per heavy atom. The third kappa shape index (κ3) is 3.84. The van der Waals surface area contributed by atoms with E-state index in [2.05, 4.69) is 4.98 Å². The summed E-state index contributed by atoms with van der Waals surface area (Å²) < 4.78 is 15.8. The highest BCUT2D eigenvalue weighted by atomic mass is 19.1. The smallest absolute Gasteiger partial charge is 0.323 e. The molecule has 1 fully saturated rings. The number of nitrogens with zero attached hydrogens (tertiary/aromatic N) is 3. The highest BCUT2D eigenvalue weighted by Crippen LogP contribution is 2.38. The van der Waals surface area contributed by atoms with Crippen LogP contribution in [0.25, 0.3) is 21.8 Å². The van der Waals surface area contributed by atoms with Crippen LogP contribution in [0.1, 0.15) is 40.5 Å². The number of hydrogen-bond donors (Lipinski definition) is 1. The number of fused-ring (bicyclic) bond motifs is 2. The van der Waals surface area contributed by atoms with Crippen molar-refractivity contribution in [1.82, 2.24) is 14.5 Å². The molecule has 0 unspecified atom stereocenters. The van der Waals surface area contributed by atoms with Crippen molar-refractivity contribution in [3.05, 3.63) is 77.4 Å². The van der Waals surface area contributed by atoms with E-state index in [1.165, 1.54) is 12.1 Å². The number of pyridine rings is 1. The number of carbonyl (C=O) groups excluding carboxylic acids is 1. The summed E-state index contributed by atoms with van der Waals surface area (Å²) in [6.07, 6.45) is 1.45. The van der Waals surface area contributed by atoms with Crippen molar-refractivity contribution in [1.29, 1.82) is 0 Å². The summed E-state index contributed by atoms with van der Waals surface area (Å²) in [7, 11) is 0. The molecule has 0 atom stereocenters. The molecular formula is C26H24FN3O3. The first-order valence-electron chi connectivity index (χ1n) is 11.1. The van der Waals surface area contributed by atoms with Crippen LogP contribution in [0.4, 0.5) is 4.39 Å². The van der Waals surface area contributed by atoms with Gasteiger partial charge in [0.2, 0.25) is 0 Å². The zero-order valence-corrected chi connectivity index (χ0v) is 18.3. The monoisotopic (exact) mass is 445 g/mol. The molecule has 1 aliphatic rings. The average Bonchev–Trinajstić information content (AvgIpc) is 3.08. The fourth-order valence-electron chi connectivity index (χ4n) is 5.05. The average molecular weight is 445 g/mol. The van der Waals surface area contributed by atoms with Crippen LogP contribution in [0.5, 0.6) is 0 Å². The van der Waals surface area contributed by atoms with Crippen LogP contribution < -0.4 is 0 Å². The Morgan fingerprint density at radius 1 is 1.09 bits per heavy atom. The van der Waals surface area contributed by atoms with Gasteiger partial charge < -0.3 is 14.6 Å². The van der Waals surface area contributed by atoms with Crippen LogP contribution >= 0.6 is 0 Å². The van der Waals surface area contributed by atoms with Gasteiger partial charge in [0.15, 0.2) is 0 Å². The highest BCUT2D eigenvalue weighted by molar-refractivity contribution is 5.95. The summed E-state index contributed by atoms with van der Waals surface area (Å²) in [4.78, 5) is 30.8. The minimum Gasteiger partial charge on any atom is -0.480 e. The van der Waals surface area contributed by atoms with Crippen LogP contribution in [0, 0.1) is 12.7 Å². The van der Waals surface area contributed by atoms with Crippen LogP contribution in [0.3, 0.4) is 0 Å². The zero-order chi connectivity index (χ0) is 23.1. The summed E-state index contributed by atoms with van der Waals surface area (Å²) in [5, 5.41) is 11.1. The maximum Gasteiger partial charge on any atom is 0.323 e. The van der Waals surface area contributed by atoms with Crippen LogP contribution in [-0.2, 0) is 11.3 Å². The Hall–Kier alpha value is -3.74. The molecule has 1 saturated heterocycles. The van der Waals surface area contributed by atoms with Crippen molar-refractivity contribution in [2.75, 3.05) is 13.1 Å². The third-order valence-electron chi connectivity index (χ3n) is 6.64. The molecule has 5 rings (SSSR count). The summed E-state index contributed by atoms with van der Waals surface area (Å²) in [5.41, 5.74) is 3.79. The largest absolute Gasteiger partial charge is 0.480 e. The molecule has 168 valence electrons. The fourth-order valence-corrected chi connectivity index (χ4v) is 5.05. The molecule has 0 radical (unpaired) electrons. The number of aromatic nitrogens is 2. The summed E-state index contributed by atoms with van der Waals surface area (Å²) in [6.45, 7) is 2.86. The Kier molecular flexibility index (Phi) is 5.32. The molecule has 1 N–H and O–H groups in total. The van der Waals surface area contributed by atoms with Crippen molar-refractivity contribution in [3.8, 4) is 0 Å². The molecule has 2 aromatic heterocycles. The summed E-state index contributed by atoms with van der Waals surface area (Å²) >= 11 is 0. The predicted molar refractivity (Wildman–Crippen MR) is 124 cm³/mol. The number of aliphatic carboxylic acids is 1. The Morgan fingerprint density at radius 2 is 1.85 bits per heavy atom. The van der Waals surface area contributed by atoms with Gasteiger partial charge in [-0.05, 0) is 61.6 Å². The minimum absolute atomic E-state index is 0.0877. The van der Waals surface area contributed by atoms with Gasteiger partial charge in [0.05, 0.1) is 5.52 Å². The molecule has 0 saturated carbocycles. The normalized spacial score (nSPS) is 14.8. The lowest BCUT2D eigenvalue weighted by Crippen LogP contribution is -2.38.